The van der Waals surface area contributed by atoms with Crippen LogP contribution in [0.3, 0.4) is 0 Å². The molecule has 0 saturated heterocycles. The summed E-state index contributed by atoms with van der Waals surface area (Å²) in [4.78, 5) is 11.7. The van der Waals surface area contributed by atoms with Crippen molar-refractivity contribution < 1.29 is 13.9 Å². The third-order valence-electron chi connectivity index (χ3n) is 3.68. The number of ether oxygens (including phenoxy) is 1. The van der Waals surface area contributed by atoms with Crippen molar-refractivity contribution in [3.63, 3.8) is 0 Å². The number of hydrogen-bond donors (Lipinski definition) is 1. The standard InChI is InChI=1S/C15H23NO3/c1-2-18-15(17)12-5-3-6-13(11-12)16-9-8-14-7-4-10-19-14/h4,7,10,12-13,16H,2-3,5-6,8-9,11H2,1H3. The van der Waals surface area contributed by atoms with Gasteiger partial charge in [0.2, 0.25) is 0 Å². The molecule has 0 radical (unpaired) electrons. The molecule has 2 unspecified atom stereocenters. The SMILES string of the molecule is CCOC(=O)C1CCCC(NCCc2ccco2)C1. The van der Waals surface area contributed by atoms with Crippen LogP contribution in [0.4, 0.5) is 0 Å². The van der Waals surface area contributed by atoms with Crippen molar-refractivity contribution in [1.82, 2.24) is 5.32 Å². The molecule has 1 aliphatic carbocycles. The molecule has 0 amide bonds. The van der Waals surface area contributed by atoms with Crippen molar-refractivity contribution in [2.24, 2.45) is 5.92 Å². The predicted molar refractivity (Wildman–Crippen MR) is 72.8 cm³/mol. The lowest BCUT2D eigenvalue weighted by Gasteiger charge is -2.28. The van der Waals surface area contributed by atoms with Crippen LogP contribution in [0.5, 0.6) is 0 Å². The van der Waals surface area contributed by atoms with Crippen molar-refractivity contribution in [3.8, 4) is 0 Å². The van der Waals surface area contributed by atoms with Crippen molar-refractivity contribution in [2.45, 2.75) is 45.1 Å². The van der Waals surface area contributed by atoms with Crippen LogP contribution in [-0.2, 0) is 16.0 Å². The molecule has 4 heteroatoms. The molecule has 106 valence electrons. The van der Waals surface area contributed by atoms with Crippen LogP contribution in [-0.4, -0.2) is 25.2 Å². The molecule has 1 aromatic rings. The third kappa shape index (κ3) is 4.39. The van der Waals surface area contributed by atoms with Crippen LogP contribution in [0, 0.1) is 5.92 Å². The maximum Gasteiger partial charge on any atom is 0.308 e. The molecule has 1 fully saturated rings. The molecule has 1 N–H and O–H groups in total. The molecule has 0 aliphatic heterocycles. The molecule has 1 saturated carbocycles. The lowest BCUT2D eigenvalue weighted by atomic mass is 9.85. The van der Waals surface area contributed by atoms with Gasteiger partial charge in [0, 0.05) is 19.0 Å². The highest BCUT2D eigenvalue weighted by Gasteiger charge is 2.27. The number of nitrogens with one attached hydrogen (secondary N) is 1. The normalized spacial score (nSPS) is 23.2. The first kappa shape index (κ1) is 14.1. The minimum absolute atomic E-state index is 0.0277. The van der Waals surface area contributed by atoms with Crippen LogP contribution in [0.2, 0.25) is 0 Å². The Balaban J connectivity index is 1.70. The zero-order chi connectivity index (χ0) is 13.5. The largest absolute Gasteiger partial charge is 0.469 e. The van der Waals surface area contributed by atoms with Crippen molar-refractivity contribution in [1.29, 1.82) is 0 Å². The Morgan fingerprint density at radius 3 is 3.16 bits per heavy atom. The van der Waals surface area contributed by atoms with Crippen LogP contribution in [0.1, 0.15) is 38.4 Å². The number of rotatable bonds is 6. The fraction of sp³-hybridized carbons (Fsp3) is 0.667. The summed E-state index contributed by atoms with van der Waals surface area (Å²) < 4.78 is 10.4. The second-order valence-corrected chi connectivity index (χ2v) is 5.10. The highest BCUT2D eigenvalue weighted by Crippen LogP contribution is 2.25. The van der Waals surface area contributed by atoms with E-state index in [2.05, 4.69) is 5.32 Å². The van der Waals surface area contributed by atoms with Gasteiger partial charge in [0.05, 0.1) is 18.8 Å². The average Bonchev–Trinajstić information content (AvgIpc) is 2.93. The first-order chi connectivity index (χ1) is 9.29. The highest BCUT2D eigenvalue weighted by atomic mass is 16.5. The summed E-state index contributed by atoms with van der Waals surface area (Å²) in [5.41, 5.74) is 0. The summed E-state index contributed by atoms with van der Waals surface area (Å²) in [5.74, 6) is 1.06. The zero-order valence-corrected chi connectivity index (χ0v) is 11.6. The fourth-order valence-electron chi connectivity index (χ4n) is 2.70. The summed E-state index contributed by atoms with van der Waals surface area (Å²) in [7, 11) is 0. The molecule has 19 heavy (non-hydrogen) atoms. The molecule has 4 nitrogen and oxygen atoms in total. The van der Waals surface area contributed by atoms with E-state index in [4.69, 9.17) is 9.15 Å². The first-order valence-electron chi connectivity index (χ1n) is 7.22. The average molecular weight is 265 g/mol. The molecular formula is C15H23NO3. The number of carbonyl (C=O) groups is 1. The van der Waals surface area contributed by atoms with Crippen LogP contribution < -0.4 is 5.32 Å². The summed E-state index contributed by atoms with van der Waals surface area (Å²) in [5, 5.41) is 3.52. The maximum atomic E-state index is 11.7. The van der Waals surface area contributed by atoms with E-state index in [-0.39, 0.29) is 11.9 Å². The second kappa shape index (κ2) is 7.34. The number of carbonyl (C=O) groups excluding carboxylic acids is 1. The Hall–Kier alpha value is -1.29. The van der Waals surface area contributed by atoms with Gasteiger partial charge < -0.3 is 14.5 Å². The number of esters is 1. The van der Waals surface area contributed by atoms with Crippen LogP contribution >= 0.6 is 0 Å². The Morgan fingerprint density at radius 2 is 2.42 bits per heavy atom. The molecule has 0 aromatic carbocycles. The van der Waals surface area contributed by atoms with Gasteiger partial charge in [-0.05, 0) is 38.3 Å². The zero-order valence-electron chi connectivity index (χ0n) is 11.6. The quantitative estimate of drug-likeness (QED) is 0.803. The van der Waals surface area contributed by atoms with E-state index in [1.165, 1.54) is 0 Å². The predicted octanol–water partition coefficient (Wildman–Crippen LogP) is 2.53. The van der Waals surface area contributed by atoms with Crippen molar-refractivity contribution in [2.75, 3.05) is 13.2 Å². The van der Waals surface area contributed by atoms with Gasteiger partial charge in [-0.15, -0.1) is 0 Å². The van der Waals surface area contributed by atoms with Gasteiger partial charge in [-0.3, -0.25) is 4.79 Å². The van der Waals surface area contributed by atoms with E-state index in [9.17, 15) is 4.79 Å². The highest BCUT2D eigenvalue weighted by molar-refractivity contribution is 5.72. The van der Waals surface area contributed by atoms with Gasteiger partial charge in [-0.1, -0.05) is 6.42 Å². The van der Waals surface area contributed by atoms with Gasteiger partial charge in [0.1, 0.15) is 5.76 Å². The second-order valence-electron chi connectivity index (χ2n) is 5.10. The summed E-state index contributed by atoms with van der Waals surface area (Å²) in [6, 6.07) is 4.33. The van der Waals surface area contributed by atoms with Crippen molar-refractivity contribution in [3.05, 3.63) is 24.2 Å². The molecule has 2 rings (SSSR count). The van der Waals surface area contributed by atoms with E-state index in [0.29, 0.717) is 12.6 Å². The molecule has 1 aliphatic rings. The molecule has 2 atom stereocenters. The third-order valence-corrected chi connectivity index (χ3v) is 3.68. The van der Waals surface area contributed by atoms with E-state index >= 15 is 0 Å². The molecule has 1 heterocycles. The monoisotopic (exact) mass is 265 g/mol. The van der Waals surface area contributed by atoms with E-state index < -0.39 is 0 Å². The Kier molecular flexibility index (Phi) is 5.45. The maximum absolute atomic E-state index is 11.7. The topological polar surface area (TPSA) is 51.5 Å². The Labute approximate surface area is 114 Å². The first-order valence-corrected chi connectivity index (χ1v) is 7.22. The fourth-order valence-corrected chi connectivity index (χ4v) is 2.70. The minimum atomic E-state index is -0.0277. The summed E-state index contributed by atoms with van der Waals surface area (Å²) >= 11 is 0. The Bertz CT molecular complexity index is 375. The molecule has 0 bridgehead atoms. The lowest BCUT2D eigenvalue weighted by molar-refractivity contribution is -0.149. The summed E-state index contributed by atoms with van der Waals surface area (Å²) in [6.07, 6.45) is 6.71. The van der Waals surface area contributed by atoms with Crippen LogP contribution in [0.15, 0.2) is 22.8 Å². The Morgan fingerprint density at radius 1 is 1.53 bits per heavy atom. The lowest BCUT2D eigenvalue weighted by Crippen LogP contribution is -2.37. The number of furan rings is 1. The van der Waals surface area contributed by atoms with Gasteiger partial charge in [0.15, 0.2) is 0 Å². The molecular weight excluding hydrogens is 242 g/mol. The van der Waals surface area contributed by atoms with Gasteiger partial charge in [-0.25, -0.2) is 0 Å². The van der Waals surface area contributed by atoms with Gasteiger partial charge >= 0.3 is 5.97 Å². The number of hydrogen-bond acceptors (Lipinski definition) is 4. The minimum Gasteiger partial charge on any atom is -0.469 e. The molecule has 0 spiro atoms. The summed E-state index contributed by atoms with van der Waals surface area (Å²) in [6.45, 7) is 3.24. The smallest absolute Gasteiger partial charge is 0.308 e. The molecule has 1 aromatic heterocycles. The van der Waals surface area contributed by atoms with Crippen LogP contribution in [0.25, 0.3) is 0 Å². The van der Waals surface area contributed by atoms with Crippen molar-refractivity contribution >= 4 is 5.97 Å². The van der Waals surface area contributed by atoms with E-state index in [1.807, 2.05) is 19.1 Å². The van der Waals surface area contributed by atoms with E-state index in [0.717, 1.165) is 44.4 Å². The van der Waals surface area contributed by atoms with Gasteiger partial charge in [0.25, 0.3) is 0 Å². The van der Waals surface area contributed by atoms with E-state index in [1.54, 1.807) is 6.26 Å². The van der Waals surface area contributed by atoms with Gasteiger partial charge in [-0.2, -0.15) is 0 Å².